The maximum absolute atomic E-state index is 4.11. The van der Waals surface area contributed by atoms with Crippen molar-refractivity contribution in [2.24, 2.45) is 13.0 Å². The zero-order chi connectivity index (χ0) is 9.68. The van der Waals surface area contributed by atoms with Crippen LogP contribution < -0.4 is 5.32 Å². The summed E-state index contributed by atoms with van der Waals surface area (Å²) in [6.07, 6.45) is 5.19. The van der Waals surface area contributed by atoms with E-state index in [4.69, 9.17) is 0 Å². The Morgan fingerprint density at radius 3 is 2.85 bits per heavy atom. The molecule has 0 fully saturated rings. The molecule has 0 amide bonds. The van der Waals surface area contributed by atoms with E-state index in [-0.39, 0.29) is 0 Å². The SMILES string of the molecule is CC(C)CCNCc1cnn(C)c1. The van der Waals surface area contributed by atoms with Gasteiger partial charge in [-0.15, -0.1) is 0 Å². The van der Waals surface area contributed by atoms with Gasteiger partial charge in [0.1, 0.15) is 0 Å². The van der Waals surface area contributed by atoms with Crippen LogP contribution in [0.1, 0.15) is 25.8 Å². The van der Waals surface area contributed by atoms with Crippen LogP contribution in [0.4, 0.5) is 0 Å². The second-order valence-electron chi connectivity index (χ2n) is 3.88. The standard InChI is InChI=1S/C10H19N3/c1-9(2)4-5-11-6-10-7-12-13(3)8-10/h7-9,11H,4-6H2,1-3H3. The third kappa shape index (κ3) is 4.08. The molecule has 0 saturated carbocycles. The molecular formula is C10H19N3. The highest BCUT2D eigenvalue weighted by atomic mass is 15.2. The van der Waals surface area contributed by atoms with Crippen molar-refractivity contribution >= 4 is 0 Å². The van der Waals surface area contributed by atoms with Gasteiger partial charge in [0.2, 0.25) is 0 Å². The quantitative estimate of drug-likeness (QED) is 0.699. The van der Waals surface area contributed by atoms with Gasteiger partial charge in [-0.1, -0.05) is 13.8 Å². The third-order valence-electron chi connectivity index (χ3n) is 1.99. The van der Waals surface area contributed by atoms with Gasteiger partial charge in [-0.3, -0.25) is 4.68 Å². The van der Waals surface area contributed by atoms with Gasteiger partial charge in [0, 0.05) is 25.4 Å². The molecular weight excluding hydrogens is 162 g/mol. The zero-order valence-electron chi connectivity index (χ0n) is 8.75. The Kier molecular flexibility index (Phi) is 3.96. The zero-order valence-corrected chi connectivity index (χ0v) is 8.75. The number of aryl methyl sites for hydroxylation is 1. The van der Waals surface area contributed by atoms with Crippen LogP contribution in [-0.4, -0.2) is 16.3 Å². The highest BCUT2D eigenvalue weighted by molar-refractivity contribution is 5.02. The summed E-state index contributed by atoms with van der Waals surface area (Å²) in [5, 5.41) is 7.50. The van der Waals surface area contributed by atoms with Crippen LogP contribution in [0, 0.1) is 5.92 Å². The van der Waals surface area contributed by atoms with E-state index in [0.29, 0.717) is 0 Å². The van der Waals surface area contributed by atoms with Gasteiger partial charge < -0.3 is 5.32 Å². The molecule has 1 heterocycles. The van der Waals surface area contributed by atoms with Crippen molar-refractivity contribution in [3.63, 3.8) is 0 Å². The maximum Gasteiger partial charge on any atom is 0.0534 e. The van der Waals surface area contributed by atoms with Crippen molar-refractivity contribution in [2.75, 3.05) is 6.54 Å². The first kappa shape index (κ1) is 10.3. The van der Waals surface area contributed by atoms with Crippen LogP contribution in [-0.2, 0) is 13.6 Å². The molecule has 3 heteroatoms. The molecule has 1 aromatic rings. The number of nitrogens with zero attached hydrogens (tertiary/aromatic N) is 2. The van der Waals surface area contributed by atoms with Gasteiger partial charge >= 0.3 is 0 Å². The third-order valence-corrected chi connectivity index (χ3v) is 1.99. The van der Waals surface area contributed by atoms with Crippen molar-refractivity contribution < 1.29 is 0 Å². The lowest BCUT2D eigenvalue weighted by molar-refractivity contribution is 0.537. The summed E-state index contributed by atoms with van der Waals surface area (Å²) in [7, 11) is 1.94. The van der Waals surface area contributed by atoms with Crippen molar-refractivity contribution in [1.29, 1.82) is 0 Å². The monoisotopic (exact) mass is 181 g/mol. The Balaban J connectivity index is 2.13. The number of nitrogens with one attached hydrogen (secondary N) is 1. The predicted molar refractivity (Wildman–Crippen MR) is 54.4 cm³/mol. The van der Waals surface area contributed by atoms with E-state index in [2.05, 4.69) is 24.3 Å². The van der Waals surface area contributed by atoms with Crippen molar-refractivity contribution in [3.05, 3.63) is 18.0 Å². The topological polar surface area (TPSA) is 29.9 Å². The highest BCUT2D eigenvalue weighted by Gasteiger charge is 1.96. The van der Waals surface area contributed by atoms with Gasteiger partial charge in [-0.05, 0) is 18.9 Å². The van der Waals surface area contributed by atoms with Crippen molar-refractivity contribution in [1.82, 2.24) is 15.1 Å². The lowest BCUT2D eigenvalue weighted by Crippen LogP contribution is -2.15. The fraction of sp³-hybridized carbons (Fsp3) is 0.700. The van der Waals surface area contributed by atoms with Crippen LogP contribution in [0.25, 0.3) is 0 Å². The van der Waals surface area contributed by atoms with Crippen LogP contribution in [0.2, 0.25) is 0 Å². The second kappa shape index (κ2) is 5.02. The molecule has 13 heavy (non-hydrogen) atoms. The minimum absolute atomic E-state index is 0.779. The molecule has 0 aliphatic heterocycles. The van der Waals surface area contributed by atoms with Crippen LogP contribution in [0.3, 0.4) is 0 Å². The maximum atomic E-state index is 4.11. The molecule has 0 radical (unpaired) electrons. The van der Waals surface area contributed by atoms with E-state index >= 15 is 0 Å². The normalized spacial score (nSPS) is 11.1. The number of rotatable bonds is 5. The Bertz CT molecular complexity index is 240. The smallest absolute Gasteiger partial charge is 0.0534 e. The summed E-state index contributed by atoms with van der Waals surface area (Å²) in [5.41, 5.74) is 1.26. The average molecular weight is 181 g/mol. The van der Waals surface area contributed by atoms with Crippen LogP contribution in [0.15, 0.2) is 12.4 Å². The fourth-order valence-electron chi connectivity index (χ4n) is 1.19. The van der Waals surface area contributed by atoms with E-state index in [1.54, 1.807) is 0 Å². The van der Waals surface area contributed by atoms with E-state index in [1.165, 1.54) is 12.0 Å². The molecule has 74 valence electrons. The van der Waals surface area contributed by atoms with Gasteiger partial charge in [0.15, 0.2) is 0 Å². The Morgan fingerprint density at radius 1 is 1.54 bits per heavy atom. The van der Waals surface area contributed by atoms with Gasteiger partial charge in [0.25, 0.3) is 0 Å². The molecule has 1 N–H and O–H groups in total. The number of hydrogen-bond acceptors (Lipinski definition) is 2. The molecule has 0 saturated heterocycles. The average Bonchev–Trinajstić information content (AvgIpc) is 2.45. The molecule has 0 bridgehead atoms. The second-order valence-corrected chi connectivity index (χ2v) is 3.88. The van der Waals surface area contributed by atoms with Gasteiger partial charge in [-0.2, -0.15) is 5.10 Å². The number of hydrogen-bond donors (Lipinski definition) is 1. The Hall–Kier alpha value is -0.830. The minimum Gasteiger partial charge on any atom is -0.313 e. The first-order chi connectivity index (χ1) is 6.18. The van der Waals surface area contributed by atoms with Crippen LogP contribution >= 0.6 is 0 Å². The molecule has 0 atom stereocenters. The van der Waals surface area contributed by atoms with E-state index in [1.807, 2.05) is 24.1 Å². The summed E-state index contributed by atoms with van der Waals surface area (Å²) in [4.78, 5) is 0. The van der Waals surface area contributed by atoms with Gasteiger partial charge in [-0.25, -0.2) is 0 Å². The first-order valence-corrected chi connectivity index (χ1v) is 4.86. The summed E-state index contributed by atoms with van der Waals surface area (Å²) in [5.74, 6) is 0.779. The summed E-state index contributed by atoms with van der Waals surface area (Å²) >= 11 is 0. The first-order valence-electron chi connectivity index (χ1n) is 4.86. The summed E-state index contributed by atoms with van der Waals surface area (Å²) in [6, 6.07) is 0. The molecule has 1 rings (SSSR count). The van der Waals surface area contributed by atoms with E-state index < -0.39 is 0 Å². The lowest BCUT2D eigenvalue weighted by Gasteiger charge is -2.04. The largest absolute Gasteiger partial charge is 0.313 e. The predicted octanol–water partition coefficient (Wildman–Crippen LogP) is 1.56. The Labute approximate surface area is 80.1 Å². The van der Waals surface area contributed by atoms with Crippen molar-refractivity contribution in [3.8, 4) is 0 Å². The minimum atomic E-state index is 0.779. The van der Waals surface area contributed by atoms with E-state index in [0.717, 1.165) is 19.0 Å². The highest BCUT2D eigenvalue weighted by Crippen LogP contribution is 1.98. The van der Waals surface area contributed by atoms with Gasteiger partial charge in [0.05, 0.1) is 6.20 Å². The van der Waals surface area contributed by atoms with Crippen molar-refractivity contribution in [2.45, 2.75) is 26.8 Å². The fourth-order valence-corrected chi connectivity index (χ4v) is 1.19. The van der Waals surface area contributed by atoms with E-state index in [9.17, 15) is 0 Å². The molecule has 0 spiro atoms. The molecule has 0 aromatic carbocycles. The molecule has 0 aliphatic carbocycles. The lowest BCUT2D eigenvalue weighted by atomic mass is 10.1. The number of aromatic nitrogens is 2. The Morgan fingerprint density at radius 2 is 2.31 bits per heavy atom. The molecule has 0 aliphatic rings. The summed E-state index contributed by atoms with van der Waals surface area (Å²) in [6.45, 7) is 6.50. The summed E-state index contributed by atoms with van der Waals surface area (Å²) < 4.78 is 1.83. The molecule has 1 aromatic heterocycles. The van der Waals surface area contributed by atoms with Crippen LogP contribution in [0.5, 0.6) is 0 Å². The molecule has 3 nitrogen and oxygen atoms in total. The molecule has 0 unspecified atom stereocenters.